The highest BCUT2D eigenvalue weighted by Crippen LogP contribution is 2.48. The van der Waals surface area contributed by atoms with Gasteiger partial charge in [0.15, 0.2) is 0 Å². The summed E-state index contributed by atoms with van der Waals surface area (Å²) in [6, 6.07) is 4.60. The number of carbonyl (C=O) groups excluding carboxylic acids is 2. The van der Waals surface area contributed by atoms with Gasteiger partial charge < -0.3 is 10.6 Å². The Hall–Kier alpha value is -2.05. The molecule has 3 rings (SSSR count). The molecule has 1 aliphatic heterocycles. The van der Waals surface area contributed by atoms with Crippen LogP contribution in [-0.4, -0.2) is 23.5 Å². The van der Waals surface area contributed by atoms with Gasteiger partial charge in [0, 0.05) is 17.7 Å². The number of alkyl halides is 3. The number of rotatable bonds is 3. The van der Waals surface area contributed by atoms with Gasteiger partial charge in [0.2, 0.25) is 5.91 Å². The van der Waals surface area contributed by atoms with E-state index >= 15 is 0 Å². The molecule has 7 heteroatoms. The number of anilines is 1. The molecule has 2 amide bonds. The molecular formula is C17H19F3N2O2. The minimum atomic E-state index is -4.50. The van der Waals surface area contributed by atoms with Crippen LogP contribution < -0.4 is 10.6 Å². The summed E-state index contributed by atoms with van der Waals surface area (Å²) in [7, 11) is 0. The molecule has 130 valence electrons. The minimum Gasteiger partial charge on any atom is -0.338 e. The third-order valence-electron chi connectivity index (χ3n) is 4.85. The number of halogens is 3. The number of carbonyl (C=O) groups is 2. The first-order valence-corrected chi connectivity index (χ1v) is 8.03. The second-order valence-electron chi connectivity index (χ2n) is 6.70. The van der Waals surface area contributed by atoms with Gasteiger partial charge in [-0.25, -0.2) is 0 Å². The van der Waals surface area contributed by atoms with Gasteiger partial charge in [-0.15, -0.1) is 0 Å². The van der Waals surface area contributed by atoms with Crippen molar-refractivity contribution in [2.75, 3.05) is 5.32 Å². The van der Waals surface area contributed by atoms with E-state index in [9.17, 15) is 22.8 Å². The number of amides is 2. The molecule has 4 nitrogen and oxygen atoms in total. The van der Waals surface area contributed by atoms with E-state index in [0.29, 0.717) is 37.8 Å². The van der Waals surface area contributed by atoms with Crippen molar-refractivity contribution >= 4 is 17.5 Å². The second kappa shape index (κ2) is 5.79. The van der Waals surface area contributed by atoms with E-state index in [4.69, 9.17) is 0 Å². The Morgan fingerprint density at radius 2 is 1.96 bits per heavy atom. The molecule has 0 aromatic heterocycles. The largest absolute Gasteiger partial charge is 0.411 e. The van der Waals surface area contributed by atoms with E-state index in [1.165, 1.54) is 6.07 Å². The van der Waals surface area contributed by atoms with E-state index in [2.05, 4.69) is 10.6 Å². The molecule has 1 fully saturated rings. The first-order valence-electron chi connectivity index (χ1n) is 8.03. The number of benzene rings is 1. The first-order chi connectivity index (χ1) is 11.2. The second-order valence-corrected chi connectivity index (χ2v) is 6.70. The van der Waals surface area contributed by atoms with Crippen molar-refractivity contribution in [3.63, 3.8) is 0 Å². The van der Waals surface area contributed by atoms with Gasteiger partial charge in [-0.3, -0.25) is 9.59 Å². The van der Waals surface area contributed by atoms with Crippen molar-refractivity contribution in [3.05, 3.63) is 29.3 Å². The van der Waals surface area contributed by atoms with Gasteiger partial charge in [-0.1, -0.05) is 0 Å². The summed E-state index contributed by atoms with van der Waals surface area (Å²) >= 11 is 0. The molecule has 0 saturated heterocycles. The lowest BCUT2D eigenvalue weighted by atomic mass is 9.94. The number of nitrogens with one attached hydrogen (secondary N) is 2. The van der Waals surface area contributed by atoms with Crippen LogP contribution >= 0.6 is 0 Å². The van der Waals surface area contributed by atoms with Crippen LogP contribution in [0, 0.1) is 5.92 Å². The fraction of sp³-hybridized carbons (Fsp3) is 0.529. The van der Waals surface area contributed by atoms with Crippen molar-refractivity contribution < 1.29 is 22.8 Å². The molecule has 1 unspecified atom stereocenters. The van der Waals surface area contributed by atoms with Gasteiger partial charge in [0.05, 0.1) is 0 Å². The van der Waals surface area contributed by atoms with Crippen LogP contribution in [0.15, 0.2) is 18.2 Å². The lowest BCUT2D eigenvalue weighted by Gasteiger charge is -2.33. The predicted molar refractivity (Wildman–Crippen MR) is 82.7 cm³/mol. The van der Waals surface area contributed by atoms with Crippen LogP contribution in [0.4, 0.5) is 18.9 Å². The third-order valence-corrected chi connectivity index (χ3v) is 4.85. The van der Waals surface area contributed by atoms with Crippen molar-refractivity contribution in [3.8, 4) is 0 Å². The van der Waals surface area contributed by atoms with Gasteiger partial charge in [-0.05, 0) is 62.3 Å². The molecule has 1 heterocycles. The maximum Gasteiger partial charge on any atom is 0.411 e. The molecule has 1 aliphatic carbocycles. The normalized spacial score (nSPS) is 20.4. The van der Waals surface area contributed by atoms with Crippen molar-refractivity contribution in [2.24, 2.45) is 5.92 Å². The van der Waals surface area contributed by atoms with Gasteiger partial charge in [0.25, 0.3) is 5.91 Å². The maximum atomic E-state index is 13.4. The summed E-state index contributed by atoms with van der Waals surface area (Å²) in [4.78, 5) is 23.9. The smallest absolute Gasteiger partial charge is 0.338 e. The number of hydrogen-bond acceptors (Lipinski definition) is 2. The monoisotopic (exact) mass is 340 g/mol. The Bertz CT molecular complexity index is 683. The van der Waals surface area contributed by atoms with E-state index < -0.39 is 23.5 Å². The van der Waals surface area contributed by atoms with Crippen LogP contribution in [-0.2, 0) is 11.2 Å². The molecule has 2 aliphatic rings. The number of aryl methyl sites for hydroxylation is 1. The zero-order valence-corrected chi connectivity index (χ0v) is 13.3. The van der Waals surface area contributed by atoms with Gasteiger partial charge in [-0.2, -0.15) is 13.2 Å². The molecule has 1 atom stereocenters. The summed E-state index contributed by atoms with van der Waals surface area (Å²) < 4.78 is 40.1. The fourth-order valence-corrected chi connectivity index (χ4v) is 3.09. The molecule has 1 saturated carbocycles. The zero-order chi connectivity index (χ0) is 17.5. The SMILES string of the molecule is CC(NC(=O)c1ccc2c(c1)CCCC(=O)N2)(C1CC1)C(F)(F)F. The molecule has 0 radical (unpaired) electrons. The van der Waals surface area contributed by atoms with E-state index in [1.807, 2.05) is 0 Å². The van der Waals surface area contributed by atoms with Crippen molar-refractivity contribution in [1.82, 2.24) is 5.32 Å². The van der Waals surface area contributed by atoms with Crippen molar-refractivity contribution in [1.29, 1.82) is 0 Å². The Balaban J connectivity index is 1.83. The minimum absolute atomic E-state index is 0.0932. The molecular weight excluding hydrogens is 321 g/mol. The fourth-order valence-electron chi connectivity index (χ4n) is 3.09. The molecule has 0 bridgehead atoms. The Morgan fingerprint density at radius 3 is 2.58 bits per heavy atom. The average Bonchev–Trinajstić information content (AvgIpc) is 3.32. The Kier molecular flexibility index (Phi) is 4.05. The topological polar surface area (TPSA) is 58.2 Å². The maximum absolute atomic E-state index is 13.4. The molecule has 1 aromatic carbocycles. The summed E-state index contributed by atoms with van der Waals surface area (Å²) in [6.07, 6.45) is -1.92. The van der Waals surface area contributed by atoms with Crippen LogP contribution in [0.5, 0.6) is 0 Å². The highest BCUT2D eigenvalue weighted by molar-refractivity contribution is 5.97. The summed E-state index contributed by atoms with van der Waals surface area (Å²) in [5.41, 5.74) is -0.630. The number of fused-ring (bicyclic) bond motifs is 1. The van der Waals surface area contributed by atoms with Crippen LogP contribution in [0.3, 0.4) is 0 Å². The third kappa shape index (κ3) is 3.12. The molecule has 2 N–H and O–H groups in total. The quantitative estimate of drug-likeness (QED) is 0.886. The van der Waals surface area contributed by atoms with Crippen LogP contribution in [0.2, 0.25) is 0 Å². The highest BCUT2D eigenvalue weighted by atomic mass is 19.4. The Morgan fingerprint density at radius 1 is 1.25 bits per heavy atom. The van der Waals surface area contributed by atoms with Crippen molar-refractivity contribution in [2.45, 2.75) is 50.7 Å². The van der Waals surface area contributed by atoms with E-state index in [0.717, 1.165) is 12.5 Å². The highest BCUT2D eigenvalue weighted by Gasteiger charge is 2.60. The van der Waals surface area contributed by atoms with E-state index in [-0.39, 0.29) is 11.5 Å². The predicted octanol–water partition coefficient (Wildman–Crippen LogP) is 3.42. The summed E-state index contributed by atoms with van der Waals surface area (Å²) in [5, 5.41) is 4.93. The van der Waals surface area contributed by atoms with Crippen LogP contribution in [0.25, 0.3) is 0 Å². The first kappa shape index (κ1) is 16.8. The summed E-state index contributed by atoms with van der Waals surface area (Å²) in [6.45, 7) is 1.05. The average molecular weight is 340 g/mol. The zero-order valence-electron chi connectivity index (χ0n) is 13.3. The Labute approximate surface area is 137 Å². The van der Waals surface area contributed by atoms with Gasteiger partial charge >= 0.3 is 6.18 Å². The molecule has 24 heavy (non-hydrogen) atoms. The van der Waals surface area contributed by atoms with Crippen LogP contribution in [0.1, 0.15) is 48.5 Å². The van der Waals surface area contributed by atoms with Gasteiger partial charge in [0.1, 0.15) is 5.54 Å². The molecule has 1 aromatic rings. The summed E-state index contributed by atoms with van der Waals surface area (Å²) in [5.74, 6) is -1.40. The lowest BCUT2D eigenvalue weighted by molar-refractivity contribution is -0.194. The lowest BCUT2D eigenvalue weighted by Crippen LogP contribution is -2.58. The number of hydrogen-bond donors (Lipinski definition) is 2. The molecule has 0 spiro atoms. The van der Waals surface area contributed by atoms with E-state index in [1.54, 1.807) is 12.1 Å². The standard InChI is InChI=1S/C17H19F3N2O2/c1-16(12-6-7-12,17(18,19)20)22-15(24)11-5-8-13-10(9-11)3-2-4-14(23)21-13/h5,8-9,12H,2-4,6-7H2,1H3,(H,21,23)(H,22,24).